The van der Waals surface area contributed by atoms with Crippen LogP contribution in [0.2, 0.25) is 5.02 Å². The van der Waals surface area contributed by atoms with Gasteiger partial charge in [0.15, 0.2) is 11.5 Å². The molecule has 1 atom stereocenters. The molecule has 168 valence electrons. The monoisotopic (exact) mass is 446 g/mol. The largest absolute Gasteiger partial charge is 0.493 e. The first kappa shape index (κ1) is 23.2. The van der Waals surface area contributed by atoms with Crippen LogP contribution in [0, 0.1) is 5.92 Å². The number of methoxy groups -OCH3 is 1. The number of ether oxygens (including phenoxy) is 3. The molecule has 0 spiro atoms. The Kier molecular flexibility index (Phi) is 8.43. The van der Waals surface area contributed by atoms with Gasteiger partial charge in [0.2, 0.25) is 5.91 Å². The highest BCUT2D eigenvalue weighted by molar-refractivity contribution is 6.30. The van der Waals surface area contributed by atoms with E-state index in [0.29, 0.717) is 42.7 Å². The molecule has 1 unspecified atom stereocenters. The molecule has 0 aliphatic carbocycles. The molecule has 7 heteroatoms. The maximum atomic E-state index is 12.7. The molecule has 0 radical (unpaired) electrons. The Balaban J connectivity index is 1.53. The number of benzene rings is 2. The minimum atomic E-state index is -0.240. The van der Waals surface area contributed by atoms with Crippen molar-refractivity contribution in [1.29, 1.82) is 0 Å². The normalized spacial score (nSPS) is 15.2. The summed E-state index contributed by atoms with van der Waals surface area (Å²) in [5.41, 5.74) is 1.91. The van der Waals surface area contributed by atoms with Gasteiger partial charge in [0.1, 0.15) is 19.0 Å². The van der Waals surface area contributed by atoms with Gasteiger partial charge in [0.05, 0.1) is 13.0 Å². The Morgan fingerprint density at radius 3 is 2.74 bits per heavy atom. The fourth-order valence-electron chi connectivity index (χ4n) is 3.63. The van der Waals surface area contributed by atoms with Crippen molar-refractivity contribution in [3.63, 3.8) is 0 Å². The van der Waals surface area contributed by atoms with Gasteiger partial charge >= 0.3 is 0 Å². The summed E-state index contributed by atoms with van der Waals surface area (Å²) >= 11 is 6.07. The van der Waals surface area contributed by atoms with Crippen molar-refractivity contribution in [3.05, 3.63) is 52.5 Å². The van der Waals surface area contributed by atoms with E-state index in [1.807, 2.05) is 30.3 Å². The van der Waals surface area contributed by atoms with Crippen molar-refractivity contribution in [2.75, 3.05) is 40.0 Å². The van der Waals surface area contributed by atoms with Crippen molar-refractivity contribution >= 4 is 17.5 Å². The van der Waals surface area contributed by atoms with Gasteiger partial charge in [-0.1, -0.05) is 31.5 Å². The van der Waals surface area contributed by atoms with Crippen LogP contribution in [-0.4, -0.2) is 50.8 Å². The third-order valence-electron chi connectivity index (χ3n) is 5.55. The standard InChI is InChI=1S/C24H31ClN2O4/c1-4-27(5-2)10-11-30-22-8-6-17(12-23(22)29-3)15-26-24(28)19-13-18-14-20(25)7-9-21(18)31-16-19/h6-9,12,14,19H,4-5,10-11,13,15-16H2,1-3H3,(H,26,28). The molecule has 0 saturated heterocycles. The summed E-state index contributed by atoms with van der Waals surface area (Å²) in [6.07, 6.45) is 0.615. The number of halogens is 1. The van der Waals surface area contributed by atoms with Crippen LogP contribution in [-0.2, 0) is 17.8 Å². The van der Waals surface area contributed by atoms with Crippen molar-refractivity contribution in [2.45, 2.75) is 26.8 Å². The number of rotatable bonds is 10. The summed E-state index contributed by atoms with van der Waals surface area (Å²) in [7, 11) is 1.62. The number of hydrogen-bond acceptors (Lipinski definition) is 5. The molecule has 0 saturated carbocycles. The van der Waals surface area contributed by atoms with Crippen molar-refractivity contribution in [1.82, 2.24) is 10.2 Å². The second-order valence-electron chi connectivity index (χ2n) is 7.54. The van der Waals surface area contributed by atoms with Crippen LogP contribution in [0.5, 0.6) is 17.2 Å². The van der Waals surface area contributed by atoms with Crippen LogP contribution < -0.4 is 19.5 Å². The molecule has 0 fully saturated rings. The van der Waals surface area contributed by atoms with Gasteiger partial charge in [-0.3, -0.25) is 4.79 Å². The summed E-state index contributed by atoms with van der Waals surface area (Å²) < 4.78 is 17.1. The average Bonchev–Trinajstić information content (AvgIpc) is 2.80. The van der Waals surface area contributed by atoms with Gasteiger partial charge in [0, 0.05) is 18.1 Å². The maximum absolute atomic E-state index is 12.7. The highest BCUT2D eigenvalue weighted by Crippen LogP contribution is 2.30. The van der Waals surface area contributed by atoms with E-state index in [-0.39, 0.29) is 11.8 Å². The van der Waals surface area contributed by atoms with Crippen molar-refractivity contribution in [3.8, 4) is 17.2 Å². The number of fused-ring (bicyclic) bond motifs is 1. The minimum absolute atomic E-state index is 0.0378. The van der Waals surface area contributed by atoms with Gasteiger partial charge in [-0.05, 0) is 61.0 Å². The smallest absolute Gasteiger partial charge is 0.227 e. The summed E-state index contributed by atoms with van der Waals surface area (Å²) in [5, 5.41) is 3.65. The highest BCUT2D eigenvalue weighted by atomic mass is 35.5. The van der Waals surface area contributed by atoms with Crippen molar-refractivity contribution in [2.24, 2.45) is 5.92 Å². The highest BCUT2D eigenvalue weighted by Gasteiger charge is 2.26. The molecule has 2 aromatic rings. The molecular formula is C24H31ClN2O4. The zero-order valence-corrected chi connectivity index (χ0v) is 19.2. The quantitative estimate of drug-likeness (QED) is 0.599. The number of amides is 1. The van der Waals surface area contributed by atoms with Gasteiger partial charge in [-0.2, -0.15) is 0 Å². The third kappa shape index (κ3) is 6.28. The van der Waals surface area contributed by atoms with Gasteiger partial charge in [-0.15, -0.1) is 0 Å². The Morgan fingerprint density at radius 2 is 2.00 bits per heavy atom. The minimum Gasteiger partial charge on any atom is -0.493 e. The Hall–Kier alpha value is -2.44. The lowest BCUT2D eigenvalue weighted by atomic mass is 9.96. The fourth-order valence-corrected chi connectivity index (χ4v) is 3.83. The second-order valence-corrected chi connectivity index (χ2v) is 7.98. The van der Waals surface area contributed by atoms with Gasteiger partial charge in [-0.25, -0.2) is 0 Å². The molecule has 0 bridgehead atoms. The van der Waals surface area contributed by atoms with E-state index in [9.17, 15) is 4.79 Å². The number of hydrogen-bond donors (Lipinski definition) is 1. The predicted octanol–water partition coefficient (Wildman–Crippen LogP) is 3.94. The van der Waals surface area contributed by atoms with E-state index in [1.54, 1.807) is 13.2 Å². The van der Waals surface area contributed by atoms with E-state index in [1.165, 1.54) is 0 Å². The summed E-state index contributed by atoms with van der Waals surface area (Å²) in [5.74, 6) is 1.89. The molecule has 1 aliphatic heterocycles. The SMILES string of the molecule is CCN(CC)CCOc1ccc(CNC(=O)C2COc3ccc(Cl)cc3C2)cc1OC. The molecule has 0 aromatic heterocycles. The number of nitrogens with one attached hydrogen (secondary N) is 1. The molecule has 31 heavy (non-hydrogen) atoms. The van der Waals surface area contributed by atoms with E-state index >= 15 is 0 Å². The van der Waals surface area contributed by atoms with Crippen LogP contribution in [0.15, 0.2) is 36.4 Å². The summed E-state index contributed by atoms with van der Waals surface area (Å²) in [6.45, 7) is 8.52. The molecule has 1 amide bonds. The Morgan fingerprint density at radius 1 is 1.19 bits per heavy atom. The number of likely N-dealkylation sites (N-methyl/N-ethyl adjacent to an activating group) is 1. The Labute approximate surface area is 189 Å². The number of carbonyl (C=O) groups excluding carboxylic acids is 1. The predicted molar refractivity (Wildman–Crippen MR) is 122 cm³/mol. The van der Waals surface area contributed by atoms with Crippen LogP contribution in [0.25, 0.3) is 0 Å². The third-order valence-corrected chi connectivity index (χ3v) is 5.79. The topological polar surface area (TPSA) is 60.0 Å². The van der Waals surface area contributed by atoms with Gasteiger partial charge in [0.25, 0.3) is 0 Å². The van der Waals surface area contributed by atoms with Gasteiger partial charge < -0.3 is 24.4 Å². The van der Waals surface area contributed by atoms with Crippen LogP contribution >= 0.6 is 11.6 Å². The lowest BCUT2D eigenvalue weighted by Gasteiger charge is -2.24. The van der Waals surface area contributed by atoms with Crippen LogP contribution in [0.3, 0.4) is 0 Å². The zero-order chi connectivity index (χ0) is 22.2. The van der Waals surface area contributed by atoms with Crippen molar-refractivity contribution < 1.29 is 19.0 Å². The number of nitrogens with zero attached hydrogens (tertiary/aromatic N) is 1. The first-order valence-corrected chi connectivity index (χ1v) is 11.1. The first-order valence-electron chi connectivity index (χ1n) is 10.7. The van der Waals surface area contributed by atoms with E-state index in [4.69, 9.17) is 25.8 Å². The van der Waals surface area contributed by atoms with Crippen LogP contribution in [0.1, 0.15) is 25.0 Å². The second kappa shape index (κ2) is 11.3. The summed E-state index contributed by atoms with van der Waals surface area (Å²) in [6, 6.07) is 11.3. The first-order chi connectivity index (χ1) is 15.0. The fraction of sp³-hybridized carbons (Fsp3) is 0.458. The molecule has 1 heterocycles. The van der Waals surface area contributed by atoms with E-state index in [0.717, 1.165) is 36.5 Å². The lowest BCUT2D eigenvalue weighted by molar-refractivity contribution is -0.126. The average molecular weight is 447 g/mol. The Bertz CT molecular complexity index is 886. The summed E-state index contributed by atoms with van der Waals surface area (Å²) in [4.78, 5) is 15.0. The lowest BCUT2D eigenvalue weighted by Crippen LogP contribution is -2.37. The molecule has 6 nitrogen and oxygen atoms in total. The molecule has 1 N–H and O–H groups in total. The number of carbonyl (C=O) groups is 1. The van der Waals surface area contributed by atoms with E-state index in [2.05, 4.69) is 24.1 Å². The maximum Gasteiger partial charge on any atom is 0.227 e. The zero-order valence-electron chi connectivity index (χ0n) is 18.4. The molecule has 1 aliphatic rings. The van der Waals surface area contributed by atoms with E-state index < -0.39 is 0 Å². The molecular weight excluding hydrogens is 416 g/mol. The molecule has 3 rings (SSSR count). The van der Waals surface area contributed by atoms with Crippen LogP contribution in [0.4, 0.5) is 0 Å². The molecule has 2 aromatic carbocycles.